The molecule has 6 N–H and O–H groups in total. The molecule has 0 radical (unpaired) electrons. The van der Waals surface area contributed by atoms with Crippen LogP contribution in [0.2, 0.25) is 0 Å². The van der Waals surface area contributed by atoms with Gasteiger partial charge in [0.1, 0.15) is 12.6 Å². The number of amides is 4. The molecule has 0 aliphatic rings. The molecule has 11 nitrogen and oxygen atoms in total. The standard InChI is InChI=1S/C35H52N4O7/c1-7-26(8-2)37-30(42)20-27(35(4,5)6)32(43)36-21-29(41)28(19-24-15-11-9-12-16-24)38-33(44)31(23(3)40)39-34(45)46-22-25-17-13-10-14-18-25/h9-18,23,26-29,31,40-41H,7-8,19-22H2,1-6H3,(H,36,43)(H,37,42)(H,38,44)(H,39,45)/t23-,27+,28+,29-,31+/m1/s1. The molecule has 0 aliphatic heterocycles. The highest BCUT2D eigenvalue weighted by molar-refractivity contribution is 5.87. The number of nitrogens with one attached hydrogen (secondary N) is 4. The van der Waals surface area contributed by atoms with Crippen LogP contribution in [0.25, 0.3) is 0 Å². The Morgan fingerprint density at radius 3 is 1.89 bits per heavy atom. The number of carbonyl (C=O) groups excluding carboxylic acids is 4. The van der Waals surface area contributed by atoms with Gasteiger partial charge in [-0.1, -0.05) is 95.3 Å². The van der Waals surface area contributed by atoms with E-state index in [1.54, 1.807) is 24.3 Å². The number of ether oxygens (including phenoxy) is 1. The SMILES string of the molecule is CCC(CC)NC(=O)C[C@@H](C(=O)NC[C@@H](O)[C@H](Cc1ccccc1)NC(=O)[C@@H](NC(=O)OCc1ccccc1)[C@@H](C)O)C(C)(C)C. The van der Waals surface area contributed by atoms with Gasteiger partial charge < -0.3 is 36.2 Å². The first-order valence-corrected chi connectivity index (χ1v) is 16.0. The first kappa shape index (κ1) is 38.2. The van der Waals surface area contributed by atoms with Crippen LogP contribution in [-0.2, 0) is 32.1 Å². The van der Waals surface area contributed by atoms with Crippen molar-refractivity contribution in [2.24, 2.45) is 11.3 Å². The van der Waals surface area contributed by atoms with Crippen LogP contribution in [0.15, 0.2) is 60.7 Å². The number of aliphatic hydroxyl groups excluding tert-OH is 2. The number of hydrogen-bond donors (Lipinski definition) is 6. The molecular formula is C35H52N4O7. The quantitative estimate of drug-likeness (QED) is 0.154. The summed E-state index contributed by atoms with van der Waals surface area (Å²) in [5, 5.41) is 32.5. The summed E-state index contributed by atoms with van der Waals surface area (Å²) in [5.74, 6) is -2.00. The van der Waals surface area contributed by atoms with Gasteiger partial charge in [-0.15, -0.1) is 0 Å². The fourth-order valence-electron chi connectivity index (χ4n) is 4.95. The Hall–Kier alpha value is -3.96. The van der Waals surface area contributed by atoms with E-state index in [1.165, 1.54) is 6.92 Å². The molecule has 11 heteroatoms. The molecule has 2 aromatic rings. The number of alkyl carbamates (subject to hydrolysis) is 1. The Labute approximate surface area is 272 Å². The topological polar surface area (TPSA) is 166 Å². The van der Waals surface area contributed by atoms with Crippen molar-refractivity contribution in [2.45, 2.75) is 104 Å². The van der Waals surface area contributed by atoms with Crippen molar-refractivity contribution in [1.82, 2.24) is 21.3 Å². The van der Waals surface area contributed by atoms with Crippen LogP contribution in [0, 0.1) is 11.3 Å². The van der Waals surface area contributed by atoms with Crippen LogP contribution in [0.4, 0.5) is 4.79 Å². The number of hydrogen-bond acceptors (Lipinski definition) is 7. The van der Waals surface area contributed by atoms with Crippen LogP contribution in [0.3, 0.4) is 0 Å². The van der Waals surface area contributed by atoms with E-state index in [9.17, 15) is 29.4 Å². The minimum Gasteiger partial charge on any atom is -0.445 e. The zero-order chi connectivity index (χ0) is 34.3. The van der Waals surface area contributed by atoms with Gasteiger partial charge in [-0.2, -0.15) is 0 Å². The van der Waals surface area contributed by atoms with E-state index >= 15 is 0 Å². The summed E-state index contributed by atoms with van der Waals surface area (Å²) in [4.78, 5) is 52.0. The van der Waals surface area contributed by atoms with Crippen LogP contribution >= 0.6 is 0 Å². The monoisotopic (exact) mass is 640 g/mol. The highest BCUT2D eigenvalue weighted by Crippen LogP contribution is 2.29. The van der Waals surface area contributed by atoms with Crippen LogP contribution in [0.1, 0.15) is 71.9 Å². The molecule has 2 rings (SSSR count). The third kappa shape index (κ3) is 13.2. The van der Waals surface area contributed by atoms with Gasteiger partial charge in [0, 0.05) is 19.0 Å². The molecule has 46 heavy (non-hydrogen) atoms. The molecule has 254 valence electrons. The summed E-state index contributed by atoms with van der Waals surface area (Å²) in [5.41, 5.74) is 1.03. The second kappa shape index (κ2) is 18.9. The van der Waals surface area contributed by atoms with Gasteiger partial charge in [0.2, 0.25) is 17.7 Å². The first-order valence-electron chi connectivity index (χ1n) is 16.0. The Morgan fingerprint density at radius 2 is 1.37 bits per heavy atom. The normalized spacial score (nSPS) is 14.7. The third-order valence-corrected chi connectivity index (χ3v) is 7.93. The first-order chi connectivity index (χ1) is 21.7. The van der Waals surface area contributed by atoms with E-state index in [0.717, 1.165) is 24.0 Å². The molecule has 2 aromatic carbocycles. The lowest BCUT2D eigenvalue weighted by molar-refractivity contribution is -0.134. The summed E-state index contributed by atoms with van der Waals surface area (Å²) in [7, 11) is 0. The minimum absolute atomic E-state index is 0.00574. The maximum Gasteiger partial charge on any atom is 0.408 e. The molecule has 0 spiro atoms. The average Bonchev–Trinajstić information content (AvgIpc) is 3.02. The Bertz CT molecular complexity index is 1230. The van der Waals surface area contributed by atoms with E-state index in [2.05, 4.69) is 21.3 Å². The molecule has 4 amide bonds. The van der Waals surface area contributed by atoms with Gasteiger partial charge >= 0.3 is 6.09 Å². The summed E-state index contributed by atoms with van der Waals surface area (Å²) in [6, 6.07) is 15.9. The molecule has 0 aromatic heterocycles. The zero-order valence-electron chi connectivity index (χ0n) is 27.9. The number of benzene rings is 2. The lowest BCUT2D eigenvalue weighted by atomic mass is 9.78. The summed E-state index contributed by atoms with van der Waals surface area (Å²) >= 11 is 0. The van der Waals surface area contributed by atoms with Gasteiger partial charge in [-0.25, -0.2) is 4.79 Å². The van der Waals surface area contributed by atoms with E-state index in [1.807, 2.05) is 71.0 Å². The van der Waals surface area contributed by atoms with Crippen molar-refractivity contribution < 1.29 is 34.1 Å². The second-order valence-corrected chi connectivity index (χ2v) is 12.7. The smallest absolute Gasteiger partial charge is 0.408 e. The predicted octanol–water partition coefficient (Wildman–Crippen LogP) is 3.22. The third-order valence-electron chi connectivity index (χ3n) is 7.93. The molecule has 0 saturated heterocycles. The van der Waals surface area contributed by atoms with Crippen molar-refractivity contribution in [1.29, 1.82) is 0 Å². The molecule has 0 fully saturated rings. The van der Waals surface area contributed by atoms with Gasteiger partial charge in [-0.3, -0.25) is 14.4 Å². The highest BCUT2D eigenvalue weighted by Gasteiger charge is 2.35. The van der Waals surface area contributed by atoms with E-state index in [-0.39, 0.29) is 43.8 Å². The minimum atomic E-state index is -1.37. The number of aliphatic hydroxyl groups is 2. The zero-order valence-corrected chi connectivity index (χ0v) is 27.9. The van der Waals surface area contributed by atoms with Crippen molar-refractivity contribution in [3.05, 3.63) is 71.8 Å². The number of carbonyl (C=O) groups is 4. The summed E-state index contributed by atoms with van der Waals surface area (Å²) < 4.78 is 5.22. The molecular weight excluding hydrogens is 588 g/mol. The maximum atomic E-state index is 13.4. The highest BCUT2D eigenvalue weighted by atomic mass is 16.5. The van der Waals surface area contributed by atoms with Crippen LogP contribution < -0.4 is 21.3 Å². The van der Waals surface area contributed by atoms with Gasteiger partial charge in [0.25, 0.3) is 0 Å². The predicted molar refractivity (Wildman–Crippen MR) is 176 cm³/mol. The fraction of sp³-hybridized carbons (Fsp3) is 0.543. The van der Waals surface area contributed by atoms with Crippen molar-refractivity contribution in [2.75, 3.05) is 6.54 Å². The fourth-order valence-corrected chi connectivity index (χ4v) is 4.95. The molecule has 0 aliphatic carbocycles. The lowest BCUT2D eigenvalue weighted by Gasteiger charge is -2.31. The van der Waals surface area contributed by atoms with E-state index in [0.29, 0.717) is 0 Å². The molecule has 0 heterocycles. The molecule has 5 atom stereocenters. The van der Waals surface area contributed by atoms with Crippen LogP contribution in [0.5, 0.6) is 0 Å². The Balaban J connectivity index is 2.12. The summed E-state index contributed by atoms with van der Waals surface area (Å²) in [6.07, 6.45) is -1.64. The number of rotatable bonds is 17. The van der Waals surface area contributed by atoms with Crippen molar-refractivity contribution in [3.63, 3.8) is 0 Å². The molecule has 0 unspecified atom stereocenters. The Morgan fingerprint density at radius 1 is 0.804 bits per heavy atom. The van der Waals surface area contributed by atoms with E-state index < -0.39 is 47.6 Å². The Kier molecular flexibility index (Phi) is 15.7. The average molecular weight is 641 g/mol. The van der Waals surface area contributed by atoms with Crippen molar-refractivity contribution in [3.8, 4) is 0 Å². The summed E-state index contributed by atoms with van der Waals surface area (Å²) in [6.45, 7) is 10.8. The van der Waals surface area contributed by atoms with Gasteiger partial charge in [0.05, 0.1) is 24.2 Å². The lowest BCUT2D eigenvalue weighted by Crippen LogP contribution is -2.58. The van der Waals surface area contributed by atoms with Crippen LogP contribution in [-0.4, -0.2) is 70.9 Å². The molecule has 0 bridgehead atoms. The van der Waals surface area contributed by atoms with Gasteiger partial charge in [-0.05, 0) is 42.7 Å². The maximum absolute atomic E-state index is 13.4. The van der Waals surface area contributed by atoms with Crippen molar-refractivity contribution >= 4 is 23.8 Å². The largest absolute Gasteiger partial charge is 0.445 e. The van der Waals surface area contributed by atoms with E-state index in [4.69, 9.17) is 4.74 Å². The van der Waals surface area contributed by atoms with Gasteiger partial charge in [0.15, 0.2) is 0 Å². The molecule has 0 saturated carbocycles. The second-order valence-electron chi connectivity index (χ2n) is 12.7.